The summed E-state index contributed by atoms with van der Waals surface area (Å²) >= 11 is 0. The number of hydrogen-bond acceptors (Lipinski definition) is 5. The lowest BCUT2D eigenvalue weighted by Gasteiger charge is -2.16. The first-order valence-electron chi connectivity index (χ1n) is 7.82. The molecular weight excluding hydrogens is 307 g/mol. The Morgan fingerprint density at radius 2 is 2.22 bits per heavy atom. The van der Waals surface area contributed by atoms with E-state index in [0.29, 0.717) is 18.6 Å². The molecule has 0 amide bonds. The first kappa shape index (κ1) is 17.8. The minimum atomic E-state index is -0.745. The zero-order valence-electron chi connectivity index (χ0n) is 13.2. The highest BCUT2D eigenvalue weighted by Gasteiger charge is 2.35. The lowest BCUT2D eigenvalue weighted by atomic mass is 10.2. The fourth-order valence-corrected chi connectivity index (χ4v) is 2.51. The number of aryl methyl sites for hydroxylation is 1. The standard InChI is InChI=1S/C15H23FN2O5/c1-10-8-18(15(21)17-14(10)20)13-7-11(19)12(23-13)9-22-6-4-2-3-5-16/h8,11-13,19H,2-7,9H2,1H3,(H,17,20,21)/t11-,12+,13+/m0/s1. The average molecular weight is 330 g/mol. The summed E-state index contributed by atoms with van der Waals surface area (Å²) in [6, 6.07) is 0. The highest BCUT2D eigenvalue weighted by atomic mass is 19.1. The fourth-order valence-electron chi connectivity index (χ4n) is 2.51. The summed E-state index contributed by atoms with van der Waals surface area (Å²) < 4.78 is 24.3. The van der Waals surface area contributed by atoms with E-state index in [9.17, 15) is 19.1 Å². The smallest absolute Gasteiger partial charge is 0.330 e. The summed E-state index contributed by atoms with van der Waals surface area (Å²) in [5.41, 5.74) is -0.598. The molecule has 0 unspecified atom stereocenters. The molecule has 1 aliphatic heterocycles. The number of unbranched alkanes of at least 4 members (excludes halogenated alkanes) is 2. The Hall–Kier alpha value is -1.51. The number of nitrogens with one attached hydrogen (secondary N) is 1. The second-order valence-corrected chi connectivity index (χ2v) is 5.74. The summed E-state index contributed by atoms with van der Waals surface area (Å²) in [5, 5.41) is 10.0. The van der Waals surface area contributed by atoms with Crippen molar-refractivity contribution in [2.24, 2.45) is 0 Å². The van der Waals surface area contributed by atoms with Gasteiger partial charge in [0.25, 0.3) is 5.56 Å². The van der Waals surface area contributed by atoms with E-state index in [1.165, 1.54) is 10.8 Å². The van der Waals surface area contributed by atoms with Gasteiger partial charge in [-0.15, -0.1) is 0 Å². The average Bonchev–Trinajstić information content (AvgIpc) is 2.87. The molecule has 1 aromatic rings. The lowest BCUT2D eigenvalue weighted by molar-refractivity contribution is -0.0638. The van der Waals surface area contributed by atoms with Gasteiger partial charge in [-0.25, -0.2) is 4.79 Å². The first-order valence-corrected chi connectivity index (χ1v) is 7.82. The molecule has 1 aliphatic rings. The number of aromatic amines is 1. The number of aliphatic hydroxyl groups is 1. The quantitative estimate of drug-likeness (QED) is 0.683. The van der Waals surface area contributed by atoms with Crippen LogP contribution < -0.4 is 11.2 Å². The van der Waals surface area contributed by atoms with Gasteiger partial charge in [-0.1, -0.05) is 0 Å². The van der Waals surface area contributed by atoms with E-state index in [1.54, 1.807) is 6.92 Å². The maximum Gasteiger partial charge on any atom is 0.330 e. The van der Waals surface area contributed by atoms with Gasteiger partial charge in [0.1, 0.15) is 12.3 Å². The molecule has 1 fully saturated rings. The lowest BCUT2D eigenvalue weighted by Crippen LogP contribution is -2.33. The number of alkyl halides is 1. The second kappa shape index (κ2) is 8.37. The molecule has 2 rings (SSSR count). The largest absolute Gasteiger partial charge is 0.390 e. The molecule has 0 aromatic carbocycles. The van der Waals surface area contributed by atoms with Crippen LogP contribution in [0.4, 0.5) is 4.39 Å². The molecule has 0 spiro atoms. The normalized spacial score (nSPS) is 24.2. The predicted octanol–water partition coefficient (Wildman–Crippen LogP) is 0.650. The topological polar surface area (TPSA) is 93.6 Å². The monoisotopic (exact) mass is 330 g/mol. The van der Waals surface area contributed by atoms with Gasteiger partial charge in [-0.05, 0) is 26.2 Å². The molecule has 0 bridgehead atoms. The van der Waals surface area contributed by atoms with E-state index < -0.39 is 29.7 Å². The van der Waals surface area contributed by atoms with Crippen molar-refractivity contribution in [2.75, 3.05) is 19.9 Å². The van der Waals surface area contributed by atoms with Crippen molar-refractivity contribution in [3.05, 3.63) is 32.6 Å². The summed E-state index contributed by atoms with van der Waals surface area (Å²) in [4.78, 5) is 25.4. The Bertz CT molecular complexity index is 615. The summed E-state index contributed by atoms with van der Waals surface area (Å²) in [6.45, 7) is 1.97. The molecule has 8 heteroatoms. The molecule has 7 nitrogen and oxygen atoms in total. The summed E-state index contributed by atoms with van der Waals surface area (Å²) in [7, 11) is 0. The number of halogens is 1. The van der Waals surface area contributed by atoms with Crippen LogP contribution >= 0.6 is 0 Å². The summed E-state index contributed by atoms with van der Waals surface area (Å²) in [6.07, 6.45) is 1.83. The van der Waals surface area contributed by atoms with Crippen molar-refractivity contribution in [3.63, 3.8) is 0 Å². The Morgan fingerprint density at radius 3 is 2.96 bits per heavy atom. The SMILES string of the molecule is Cc1cn([C@H]2C[C@H](O)[C@@H](COCCCCCF)O2)c(=O)[nH]c1=O. The van der Waals surface area contributed by atoms with Crippen molar-refractivity contribution in [1.29, 1.82) is 0 Å². The van der Waals surface area contributed by atoms with E-state index in [0.717, 1.165) is 12.8 Å². The minimum Gasteiger partial charge on any atom is -0.390 e. The number of aliphatic hydroxyl groups excluding tert-OH is 1. The first-order chi connectivity index (χ1) is 11.0. The van der Waals surface area contributed by atoms with Crippen molar-refractivity contribution in [3.8, 4) is 0 Å². The third kappa shape index (κ3) is 4.73. The van der Waals surface area contributed by atoms with E-state index in [2.05, 4.69) is 4.98 Å². The number of nitrogens with zero attached hydrogens (tertiary/aromatic N) is 1. The van der Waals surface area contributed by atoms with Gasteiger partial charge in [0, 0.05) is 24.8 Å². The van der Waals surface area contributed by atoms with Crippen LogP contribution in [-0.4, -0.2) is 46.8 Å². The molecule has 0 radical (unpaired) electrons. The maximum atomic E-state index is 11.9. The molecule has 3 atom stereocenters. The van der Waals surface area contributed by atoms with Crippen LogP contribution in [0.1, 0.15) is 37.5 Å². The Labute approximate surface area is 133 Å². The van der Waals surface area contributed by atoms with Crippen LogP contribution in [0.3, 0.4) is 0 Å². The van der Waals surface area contributed by atoms with E-state index >= 15 is 0 Å². The number of rotatable bonds is 8. The van der Waals surface area contributed by atoms with Crippen molar-refractivity contribution < 1.29 is 19.0 Å². The zero-order valence-corrected chi connectivity index (χ0v) is 13.2. The van der Waals surface area contributed by atoms with Gasteiger partial charge >= 0.3 is 5.69 Å². The second-order valence-electron chi connectivity index (χ2n) is 5.74. The number of ether oxygens (including phenoxy) is 2. The van der Waals surface area contributed by atoms with E-state index in [-0.39, 0.29) is 19.7 Å². The van der Waals surface area contributed by atoms with Crippen molar-refractivity contribution in [1.82, 2.24) is 9.55 Å². The molecule has 1 saturated heterocycles. The van der Waals surface area contributed by atoms with Gasteiger partial charge in [-0.2, -0.15) is 0 Å². The maximum absolute atomic E-state index is 11.9. The van der Waals surface area contributed by atoms with E-state index in [4.69, 9.17) is 9.47 Å². The van der Waals surface area contributed by atoms with E-state index in [1.807, 2.05) is 0 Å². The molecule has 0 saturated carbocycles. The van der Waals surface area contributed by atoms with Crippen LogP contribution in [0.2, 0.25) is 0 Å². The molecule has 0 aliphatic carbocycles. The Balaban J connectivity index is 1.87. The molecule has 23 heavy (non-hydrogen) atoms. The van der Waals surface area contributed by atoms with Crippen LogP contribution in [0, 0.1) is 6.92 Å². The Kier molecular flexibility index (Phi) is 6.49. The van der Waals surface area contributed by atoms with Crippen LogP contribution in [-0.2, 0) is 9.47 Å². The zero-order chi connectivity index (χ0) is 16.8. The minimum absolute atomic E-state index is 0.213. The number of aromatic nitrogens is 2. The van der Waals surface area contributed by atoms with Crippen molar-refractivity contribution >= 4 is 0 Å². The fraction of sp³-hybridized carbons (Fsp3) is 0.733. The van der Waals surface area contributed by atoms with Crippen LogP contribution in [0.5, 0.6) is 0 Å². The molecule has 2 heterocycles. The van der Waals surface area contributed by atoms with Gasteiger partial charge in [-0.3, -0.25) is 18.7 Å². The number of H-pyrrole nitrogens is 1. The number of hydrogen-bond donors (Lipinski definition) is 2. The van der Waals surface area contributed by atoms with Crippen molar-refractivity contribution in [2.45, 2.75) is 51.0 Å². The summed E-state index contributed by atoms with van der Waals surface area (Å²) in [5.74, 6) is 0. The van der Waals surface area contributed by atoms with Gasteiger partial charge in [0.15, 0.2) is 0 Å². The van der Waals surface area contributed by atoms with Gasteiger partial charge in [0.2, 0.25) is 0 Å². The van der Waals surface area contributed by atoms with Crippen LogP contribution in [0.25, 0.3) is 0 Å². The third-order valence-corrected chi connectivity index (χ3v) is 3.86. The third-order valence-electron chi connectivity index (χ3n) is 3.86. The molecule has 1 aromatic heterocycles. The molecule has 130 valence electrons. The molecule has 2 N–H and O–H groups in total. The predicted molar refractivity (Wildman–Crippen MR) is 81.2 cm³/mol. The van der Waals surface area contributed by atoms with Crippen LogP contribution in [0.15, 0.2) is 15.8 Å². The molecular formula is C15H23FN2O5. The highest BCUT2D eigenvalue weighted by Crippen LogP contribution is 2.27. The van der Waals surface area contributed by atoms with Gasteiger partial charge in [0.05, 0.1) is 19.4 Å². The Morgan fingerprint density at radius 1 is 1.43 bits per heavy atom. The highest BCUT2D eigenvalue weighted by molar-refractivity contribution is 5.02. The van der Waals surface area contributed by atoms with Gasteiger partial charge < -0.3 is 14.6 Å².